The Kier molecular flexibility index (Phi) is 2.36. The molecule has 7 aromatic rings. The zero-order valence-electron chi connectivity index (χ0n) is 37.0. The first kappa shape index (κ1) is 9.99. The van der Waals surface area contributed by atoms with Crippen LogP contribution in [0.25, 0.3) is 60.5 Å². The van der Waals surface area contributed by atoms with Gasteiger partial charge in [0.1, 0.15) is 5.82 Å². The van der Waals surface area contributed by atoms with Crippen molar-refractivity contribution in [3.63, 3.8) is 0 Å². The summed E-state index contributed by atoms with van der Waals surface area (Å²) in [5.74, 6) is -0.702. The molecule has 0 N–H and O–H groups in total. The first-order valence-corrected chi connectivity index (χ1v) is 11.3. The third-order valence-corrected chi connectivity index (χ3v) is 6.21. The van der Waals surface area contributed by atoms with Gasteiger partial charge < -0.3 is 0 Å². The molecule has 7 rings (SSSR count). The molecule has 0 aliphatic rings. The van der Waals surface area contributed by atoms with Crippen molar-refractivity contribution in [2.75, 3.05) is 0 Å². The number of imidazole rings is 1. The highest BCUT2D eigenvalue weighted by Gasteiger charge is 2.20. The van der Waals surface area contributed by atoms with E-state index in [1.54, 1.807) is 12.1 Å². The van der Waals surface area contributed by atoms with Crippen LogP contribution in [0, 0.1) is 0 Å². The maximum atomic E-state index is 9.22. The lowest BCUT2D eigenvalue weighted by Gasteiger charge is -2.19. The van der Waals surface area contributed by atoms with E-state index in [4.69, 9.17) is 19.2 Å². The van der Waals surface area contributed by atoms with E-state index < -0.39 is 97.6 Å². The lowest BCUT2D eigenvalue weighted by Crippen LogP contribution is -2.03. The first-order chi connectivity index (χ1) is 25.6. The molecule has 0 amide bonds. The summed E-state index contributed by atoms with van der Waals surface area (Å²) in [6, 6.07) is 3.66. The van der Waals surface area contributed by atoms with E-state index in [2.05, 4.69) is 4.98 Å². The van der Waals surface area contributed by atoms with E-state index in [-0.39, 0.29) is 60.5 Å². The molecule has 0 atom stereocenters. The van der Waals surface area contributed by atoms with Crippen molar-refractivity contribution >= 4 is 32.6 Å². The number of hydrogen-bond donors (Lipinski definition) is 0. The van der Waals surface area contributed by atoms with Gasteiger partial charge in [-0.15, -0.1) is 0 Å². The summed E-state index contributed by atoms with van der Waals surface area (Å²) < 4.78 is 156. The minimum atomic E-state index is -3.32. The van der Waals surface area contributed by atoms with Crippen LogP contribution in [-0.4, -0.2) is 9.55 Å². The molecule has 1 heterocycles. The monoisotopic (exact) mass is 492 g/mol. The standard InChI is InChI=1S/C35H26N2/c1-2-33-36-31-18-10-11-19-32(31)37(33)35-29-16-8-6-14-27(29)34(28-15-7-9-17-30(28)35)26-22-20-25(21-23-26)24-12-4-3-5-13-24/h3-23H,2H2,1H3/i1D3,2D2,3D,4D,5D,6D,7D,8D,9D,12D,13D,14D,15D,16D,17D. The van der Waals surface area contributed by atoms with Gasteiger partial charge in [0.05, 0.1) is 34.5 Å². The van der Waals surface area contributed by atoms with Crippen molar-refractivity contribution in [2.24, 2.45) is 0 Å². The van der Waals surface area contributed by atoms with Crippen LogP contribution in [0.3, 0.4) is 0 Å². The number of nitrogens with zero attached hydrogens (tertiary/aromatic N) is 2. The molecule has 6 aromatic carbocycles. The highest BCUT2D eigenvalue weighted by atomic mass is 15.1. The van der Waals surface area contributed by atoms with Gasteiger partial charge in [0, 0.05) is 24.0 Å². The fourth-order valence-corrected chi connectivity index (χ4v) is 4.65. The van der Waals surface area contributed by atoms with E-state index >= 15 is 0 Å². The summed E-state index contributed by atoms with van der Waals surface area (Å²) in [7, 11) is 0. The van der Waals surface area contributed by atoms with Crippen molar-refractivity contribution < 1.29 is 24.7 Å². The lowest BCUT2D eigenvalue weighted by atomic mass is 9.89. The largest absolute Gasteiger partial charge is 0.295 e. The van der Waals surface area contributed by atoms with Crippen LogP contribution in [0.1, 0.15) is 37.3 Å². The average Bonchev–Trinajstić information content (AvgIpc) is 3.55. The number of para-hydroxylation sites is 2. The Hall–Kier alpha value is -4.69. The molecule has 2 nitrogen and oxygen atoms in total. The van der Waals surface area contributed by atoms with Gasteiger partial charge in [0.2, 0.25) is 0 Å². The summed E-state index contributed by atoms with van der Waals surface area (Å²) >= 11 is 0. The van der Waals surface area contributed by atoms with Crippen LogP contribution in [0.4, 0.5) is 0 Å². The Morgan fingerprint density at radius 3 is 1.95 bits per heavy atom. The van der Waals surface area contributed by atoms with Crippen LogP contribution in [-0.2, 0) is 6.37 Å². The zero-order chi connectivity index (χ0) is 40.4. The second kappa shape index (κ2) is 8.76. The van der Waals surface area contributed by atoms with Gasteiger partial charge in [-0.2, -0.15) is 0 Å². The van der Waals surface area contributed by atoms with E-state index in [0.29, 0.717) is 0 Å². The summed E-state index contributed by atoms with van der Waals surface area (Å²) in [6.07, 6.45) is -3.20. The van der Waals surface area contributed by atoms with Gasteiger partial charge in [-0.1, -0.05) is 122 Å². The maximum absolute atomic E-state index is 9.22. The fraction of sp³-hybridized carbons (Fsp3) is 0.0571. The van der Waals surface area contributed by atoms with Gasteiger partial charge in [-0.3, -0.25) is 4.57 Å². The van der Waals surface area contributed by atoms with Gasteiger partial charge >= 0.3 is 0 Å². The molecule has 2 heteroatoms. The molecule has 0 radical (unpaired) electrons. The lowest BCUT2D eigenvalue weighted by molar-refractivity contribution is 0.917. The number of aryl methyl sites for hydroxylation is 1. The molecule has 0 fully saturated rings. The van der Waals surface area contributed by atoms with Crippen LogP contribution >= 0.6 is 0 Å². The van der Waals surface area contributed by atoms with E-state index in [9.17, 15) is 5.48 Å². The van der Waals surface area contributed by atoms with Crippen molar-refractivity contribution in [1.82, 2.24) is 9.55 Å². The van der Waals surface area contributed by atoms with Gasteiger partial charge in [-0.05, 0) is 45.2 Å². The fourth-order valence-electron chi connectivity index (χ4n) is 4.65. The molecular formula is C35H26N2. The van der Waals surface area contributed by atoms with Crippen LogP contribution in [0.2, 0.25) is 0 Å². The maximum Gasteiger partial charge on any atom is 0.114 e. The molecular weight excluding hydrogens is 448 g/mol. The Labute approximate surface area is 241 Å². The predicted molar refractivity (Wildman–Crippen MR) is 156 cm³/mol. The SMILES string of the molecule is [2H]c1c([2H])c([2H])c(-c2ccc(-c3c4c([2H])c([2H])c([2H])c([2H])c4c(-n4c(C([2H])([2H])C([2H])([2H])[2H])nc5ccccc54)c4c([2H])c([2H])c([2H])c([2H])c34)cc2)c([2H])c1[2H]. The Bertz CT molecular complexity index is 2690. The minimum Gasteiger partial charge on any atom is -0.295 e. The van der Waals surface area contributed by atoms with Crippen molar-refractivity contribution in [2.45, 2.75) is 13.2 Å². The second-order valence-electron chi connectivity index (χ2n) is 8.19. The number of benzene rings is 6. The van der Waals surface area contributed by atoms with Crippen LogP contribution in [0.15, 0.2) is 127 Å². The molecule has 0 bridgehead atoms. The zero-order valence-corrected chi connectivity index (χ0v) is 19.0. The molecule has 0 saturated heterocycles. The molecule has 0 spiro atoms. The normalized spacial score (nSPS) is 19.1. The molecule has 37 heavy (non-hydrogen) atoms. The number of fused-ring (bicyclic) bond motifs is 3. The molecule has 0 unspecified atom stereocenters. The van der Waals surface area contributed by atoms with E-state index in [0.717, 1.165) is 4.57 Å². The highest BCUT2D eigenvalue weighted by molar-refractivity contribution is 6.18. The summed E-state index contributed by atoms with van der Waals surface area (Å²) in [5.41, 5.74) is -0.0119. The second-order valence-corrected chi connectivity index (χ2v) is 8.19. The molecule has 0 saturated carbocycles. The van der Waals surface area contributed by atoms with Gasteiger partial charge in [-0.25, -0.2) is 4.98 Å². The molecule has 0 aliphatic heterocycles. The first-order valence-electron chi connectivity index (χ1n) is 20.3. The molecule has 0 aliphatic carbocycles. The number of hydrogen-bond acceptors (Lipinski definition) is 1. The van der Waals surface area contributed by atoms with Crippen molar-refractivity contribution in [3.05, 3.63) is 133 Å². The van der Waals surface area contributed by atoms with Crippen molar-refractivity contribution in [1.29, 1.82) is 0 Å². The quantitative estimate of drug-likeness (QED) is 0.224. The third-order valence-electron chi connectivity index (χ3n) is 6.21. The number of aromatic nitrogens is 2. The molecule has 1 aromatic heterocycles. The van der Waals surface area contributed by atoms with Gasteiger partial charge in [0.25, 0.3) is 0 Å². The number of rotatable bonds is 4. The van der Waals surface area contributed by atoms with E-state index in [1.165, 1.54) is 36.4 Å². The highest BCUT2D eigenvalue weighted by Crippen LogP contribution is 2.42. The summed E-state index contributed by atoms with van der Waals surface area (Å²) in [4.78, 5) is 4.35. The van der Waals surface area contributed by atoms with Crippen molar-refractivity contribution in [3.8, 4) is 27.9 Å². The van der Waals surface area contributed by atoms with Crippen LogP contribution < -0.4 is 0 Å². The summed E-state index contributed by atoms with van der Waals surface area (Å²) in [6.45, 7) is -3.32. The van der Waals surface area contributed by atoms with Crippen LogP contribution in [0.5, 0.6) is 0 Å². The summed E-state index contributed by atoms with van der Waals surface area (Å²) in [5, 5.41) is -1.13. The van der Waals surface area contributed by atoms with Gasteiger partial charge in [0.15, 0.2) is 0 Å². The minimum absolute atomic E-state index is 0.0786. The Morgan fingerprint density at radius 1 is 0.676 bits per heavy atom. The average molecular weight is 493 g/mol. The van der Waals surface area contributed by atoms with E-state index in [1.807, 2.05) is 0 Å². The predicted octanol–water partition coefficient (Wildman–Crippen LogP) is 9.23. The Morgan fingerprint density at radius 2 is 1.27 bits per heavy atom. The smallest absolute Gasteiger partial charge is 0.114 e. The molecule has 176 valence electrons. The Balaban J connectivity index is 1.74. The third kappa shape index (κ3) is 3.45. The topological polar surface area (TPSA) is 17.8 Å².